The second-order valence-corrected chi connectivity index (χ2v) is 9.60. The molecule has 7 heteroatoms. The van der Waals surface area contributed by atoms with Crippen LogP contribution in [0.1, 0.15) is 70.9 Å². The molecule has 1 aromatic carbocycles. The van der Waals surface area contributed by atoms with E-state index in [0.717, 1.165) is 43.0 Å². The molecular weight excluding hydrogens is 396 g/mol. The molecule has 1 aliphatic heterocycles. The Morgan fingerprint density at radius 3 is 2.50 bits per heavy atom. The third kappa shape index (κ3) is 6.09. The Bertz CT molecular complexity index is 809. The predicted molar refractivity (Wildman–Crippen MR) is 119 cm³/mol. The lowest BCUT2D eigenvalue weighted by atomic mass is 9.97. The maximum Gasteiger partial charge on any atom is 0.282 e. The summed E-state index contributed by atoms with van der Waals surface area (Å²) in [4.78, 5) is 14.8. The molecule has 162 valence electrons. The van der Waals surface area contributed by atoms with Crippen LogP contribution in [0.4, 0.5) is 0 Å². The Labute approximate surface area is 183 Å². The molecule has 2 heterocycles. The Hall–Kier alpha value is -1.83. The van der Waals surface area contributed by atoms with Crippen molar-refractivity contribution < 1.29 is 9.53 Å². The minimum atomic E-state index is -0.154. The number of aromatic nitrogens is 2. The van der Waals surface area contributed by atoms with Gasteiger partial charge in [0.2, 0.25) is 5.01 Å². The Morgan fingerprint density at radius 2 is 1.77 bits per heavy atom. The third-order valence-corrected chi connectivity index (χ3v) is 6.97. The number of nitrogens with zero attached hydrogens (tertiary/aromatic N) is 3. The number of amides is 1. The highest BCUT2D eigenvalue weighted by molar-refractivity contribution is 7.13. The van der Waals surface area contributed by atoms with E-state index in [1.54, 1.807) is 0 Å². The third-order valence-electron chi connectivity index (χ3n) is 6.07. The van der Waals surface area contributed by atoms with Gasteiger partial charge in [0.05, 0.1) is 18.8 Å². The Balaban J connectivity index is 1.19. The highest BCUT2D eigenvalue weighted by Crippen LogP contribution is 2.25. The van der Waals surface area contributed by atoms with Crippen LogP contribution in [0, 0.1) is 6.92 Å². The first-order chi connectivity index (χ1) is 14.7. The van der Waals surface area contributed by atoms with Crippen molar-refractivity contribution in [3.8, 4) is 0 Å². The molecule has 0 unspecified atom stereocenters. The fraction of sp³-hybridized carbons (Fsp3) is 0.609. The first-order valence-corrected chi connectivity index (χ1v) is 12.0. The Morgan fingerprint density at radius 1 is 1.07 bits per heavy atom. The zero-order valence-electron chi connectivity index (χ0n) is 17.8. The summed E-state index contributed by atoms with van der Waals surface area (Å²) in [5.41, 5.74) is 2.29. The number of ether oxygens (including phenoxy) is 1. The summed E-state index contributed by atoms with van der Waals surface area (Å²) in [6, 6.07) is 8.16. The molecule has 4 rings (SSSR count). The molecule has 6 nitrogen and oxygen atoms in total. The number of hydrogen-bond donors (Lipinski definition) is 1. The van der Waals surface area contributed by atoms with E-state index in [1.807, 2.05) is 24.3 Å². The van der Waals surface area contributed by atoms with Crippen LogP contribution in [0.15, 0.2) is 24.3 Å². The van der Waals surface area contributed by atoms with Crippen molar-refractivity contribution in [3.05, 3.63) is 45.4 Å². The maximum atomic E-state index is 12.4. The van der Waals surface area contributed by atoms with E-state index in [-0.39, 0.29) is 5.91 Å². The van der Waals surface area contributed by atoms with Gasteiger partial charge in [0.15, 0.2) is 0 Å². The molecule has 2 fully saturated rings. The van der Waals surface area contributed by atoms with E-state index in [4.69, 9.17) is 4.74 Å². The quantitative estimate of drug-likeness (QED) is 0.719. The molecule has 1 N–H and O–H groups in total. The van der Waals surface area contributed by atoms with Gasteiger partial charge in [-0.25, -0.2) is 0 Å². The largest absolute Gasteiger partial charge is 0.375 e. The molecule has 2 aliphatic rings. The first kappa shape index (κ1) is 21.4. The van der Waals surface area contributed by atoms with Crippen molar-refractivity contribution in [2.45, 2.75) is 77.2 Å². The van der Waals surface area contributed by atoms with Crippen molar-refractivity contribution in [1.29, 1.82) is 0 Å². The SMILES string of the molecule is Cc1ccc(CNC(=O)c2nnc(CN3CCC(OC4CCCCC4)CC3)s2)cc1. The van der Waals surface area contributed by atoms with Crippen LogP contribution in [0.3, 0.4) is 0 Å². The molecule has 1 amide bonds. The van der Waals surface area contributed by atoms with Gasteiger partial charge in [0.25, 0.3) is 5.91 Å². The number of benzene rings is 1. The van der Waals surface area contributed by atoms with Crippen molar-refractivity contribution in [1.82, 2.24) is 20.4 Å². The fourth-order valence-electron chi connectivity index (χ4n) is 4.24. The maximum absolute atomic E-state index is 12.4. The van der Waals surface area contributed by atoms with Gasteiger partial charge in [-0.1, -0.05) is 60.4 Å². The number of carbonyl (C=O) groups excluding carboxylic acids is 1. The van der Waals surface area contributed by atoms with E-state index in [9.17, 15) is 4.79 Å². The second kappa shape index (κ2) is 10.5. The van der Waals surface area contributed by atoms with E-state index >= 15 is 0 Å². The van der Waals surface area contributed by atoms with Crippen LogP contribution in [-0.2, 0) is 17.8 Å². The fourth-order valence-corrected chi connectivity index (χ4v) is 5.04. The molecule has 0 spiro atoms. The first-order valence-electron chi connectivity index (χ1n) is 11.2. The molecule has 0 radical (unpaired) electrons. The van der Waals surface area contributed by atoms with Gasteiger partial charge in [0.1, 0.15) is 5.01 Å². The monoisotopic (exact) mass is 428 g/mol. The van der Waals surface area contributed by atoms with Gasteiger partial charge in [-0.05, 0) is 38.2 Å². The summed E-state index contributed by atoms with van der Waals surface area (Å²) in [7, 11) is 0. The zero-order chi connectivity index (χ0) is 20.8. The molecule has 30 heavy (non-hydrogen) atoms. The van der Waals surface area contributed by atoms with E-state index in [0.29, 0.717) is 23.8 Å². The van der Waals surface area contributed by atoms with E-state index in [1.165, 1.54) is 49.0 Å². The highest BCUT2D eigenvalue weighted by atomic mass is 32.1. The van der Waals surface area contributed by atoms with Crippen molar-refractivity contribution >= 4 is 17.2 Å². The average molecular weight is 429 g/mol. The highest BCUT2D eigenvalue weighted by Gasteiger charge is 2.25. The number of aryl methyl sites for hydroxylation is 1. The Kier molecular flexibility index (Phi) is 7.47. The van der Waals surface area contributed by atoms with E-state index < -0.39 is 0 Å². The lowest BCUT2D eigenvalue weighted by Gasteiger charge is -2.34. The number of hydrogen-bond acceptors (Lipinski definition) is 6. The number of carbonyl (C=O) groups is 1. The van der Waals surface area contributed by atoms with Gasteiger partial charge in [-0.2, -0.15) is 0 Å². The molecule has 1 saturated heterocycles. The van der Waals surface area contributed by atoms with Crippen molar-refractivity contribution in [2.75, 3.05) is 13.1 Å². The van der Waals surface area contributed by atoms with Gasteiger partial charge >= 0.3 is 0 Å². The standard InChI is InChI=1S/C23H32N4O2S/c1-17-7-9-18(10-8-17)15-24-22(28)23-26-25-21(30-23)16-27-13-11-20(12-14-27)29-19-5-3-2-4-6-19/h7-10,19-20H,2-6,11-16H2,1H3,(H,24,28). The molecule has 2 aromatic rings. The molecule has 1 aliphatic carbocycles. The smallest absolute Gasteiger partial charge is 0.282 e. The zero-order valence-corrected chi connectivity index (χ0v) is 18.6. The normalized spacial score (nSPS) is 19.1. The van der Waals surface area contributed by atoms with Gasteiger partial charge in [-0.15, -0.1) is 10.2 Å². The molecule has 1 aromatic heterocycles. The minimum absolute atomic E-state index is 0.154. The number of nitrogens with one attached hydrogen (secondary N) is 1. The average Bonchev–Trinajstić information content (AvgIpc) is 3.24. The molecule has 0 bridgehead atoms. The molecular formula is C23H32N4O2S. The summed E-state index contributed by atoms with van der Waals surface area (Å²) >= 11 is 1.39. The van der Waals surface area contributed by atoms with Gasteiger partial charge < -0.3 is 10.1 Å². The van der Waals surface area contributed by atoms with Crippen LogP contribution >= 0.6 is 11.3 Å². The summed E-state index contributed by atoms with van der Waals surface area (Å²) in [5, 5.41) is 12.6. The van der Waals surface area contributed by atoms with Crippen LogP contribution in [-0.4, -0.2) is 46.3 Å². The number of likely N-dealkylation sites (tertiary alicyclic amines) is 1. The van der Waals surface area contributed by atoms with Crippen LogP contribution in [0.5, 0.6) is 0 Å². The van der Waals surface area contributed by atoms with Gasteiger partial charge in [0, 0.05) is 19.6 Å². The second-order valence-electron chi connectivity index (χ2n) is 8.54. The van der Waals surface area contributed by atoms with Crippen LogP contribution in [0.25, 0.3) is 0 Å². The number of piperidine rings is 1. The molecule has 1 saturated carbocycles. The van der Waals surface area contributed by atoms with Crippen molar-refractivity contribution in [3.63, 3.8) is 0 Å². The van der Waals surface area contributed by atoms with Crippen LogP contribution in [0.2, 0.25) is 0 Å². The minimum Gasteiger partial charge on any atom is -0.375 e. The summed E-state index contributed by atoms with van der Waals surface area (Å²) in [5.74, 6) is -0.154. The van der Waals surface area contributed by atoms with Gasteiger partial charge in [-0.3, -0.25) is 9.69 Å². The van der Waals surface area contributed by atoms with E-state index in [2.05, 4.69) is 27.3 Å². The summed E-state index contributed by atoms with van der Waals surface area (Å²) < 4.78 is 6.33. The topological polar surface area (TPSA) is 67.4 Å². The number of rotatable bonds is 7. The summed E-state index contributed by atoms with van der Waals surface area (Å²) in [6.07, 6.45) is 9.54. The lowest BCUT2D eigenvalue weighted by Crippen LogP contribution is -2.38. The lowest BCUT2D eigenvalue weighted by molar-refractivity contribution is -0.0566. The predicted octanol–water partition coefficient (Wildman–Crippen LogP) is 4.09. The molecule has 0 atom stereocenters. The van der Waals surface area contributed by atoms with Crippen LogP contribution < -0.4 is 5.32 Å². The van der Waals surface area contributed by atoms with Crippen molar-refractivity contribution in [2.24, 2.45) is 0 Å². The summed E-state index contributed by atoms with van der Waals surface area (Å²) in [6.45, 7) is 5.36.